The number of anilines is 1. The lowest BCUT2D eigenvalue weighted by Gasteiger charge is -2.28. The van der Waals surface area contributed by atoms with Gasteiger partial charge < -0.3 is 10.4 Å². The van der Waals surface area contributed by atoms with Crippen LogP contribution in [0.25, 0.3) is 0 Å². The maximum absolute atomic E-state index is 10.2. The molecule has 1 aliphatic carbocycles. The van der Waals surface area contributed by atoms with Gasteiger partial charge in [-0.05, 0) is 50.8 Å². The van der Waals surface area contributed by atoms with Gasteiger partial charge in [0.25, 0.3) is 0 Å². The molecule has 0 spiro atoms. The molecule has 0 aromatic heterocycles. The van der Waals surface area contributed by atoms with Gasteiger partial charge in [0.1, 0.15) is 6.07 Å². The number of aliphatic hydroxyl groups is 1. The van der Waals surface area contributed by atoms with Crippen LogP contribution in [0.4, 0.5) is 5.69 Å². The molecule has 96 valence electrons. The molecule has 1 aliphatic rings. The molecule has 0 heterocycles. The molecule has 1 aromatic rings. The van der Waals surface area contributed by atoms with Crippen LogP contribution in [0.1, 0.15) is 37.3 Å². The lowest BCUT2D eigenvalue weighted by molar-refractivity contribution is 0.0578. The van der Waals surface area contributed by atoms with Crippen LogP contribution in [0.15, 0.2) is 12.1 Å². The molecule has 0 saturated heterocycles. The predicted molar refractivity (Wildman–Crippen MR) is 72.8 cm³/mol. The van der Waals surface area contributed by atoms with Crippen LogP contribution in [0.5, 0.6) is 0 Å². The summed E-state index contributed by atoms with van der Waals surface area (Å²) in [6.07, 6.45) is 2.78. The van der Waals surface area contributed by atoms with E-state index in [0.717, 1.165) is 30.5 Å². The normalized spacial score (nSPS) is 26.9. The number of rotatable bonds is 2. The Morgan fingerprint density at radius 3 is 2.83 bits per heavy atom. The third kappa shape index (κ3) is 2.31. The lowest BCUT2D eigenvalue weighted by atomic mass is 9.99. The highest BCUT2D eigenvalue weighted by atomic mass is 35.5. The van der Waals surface area contributed by atoms with Crippen molar-refractivity contribution < 1.29 is 5.11 Å². The van der Waals surface area contributed by atoms with Gasteiger partial charge in [-0.25, -0.2) is 0 Å². The summed E-state index contributed by atoms with van der Waals surface area (Å²) >= 11 is 6.13. The first kappa shape index (κ1) is 13.2. The number of hydrogen-bond donors (Lipinski definition) is 2. The van der Waals surface area contributed by atoms with Crippen LogP contribution in [-0.2, 0) is 0 Å². The highest BCUT2D eigenvalue weighted by Gasteiger charge is 2.36. The standard InChI is InChI=1S/C14H17ClN2O/c1-9-11(6-5-10(8-16)13(9)15)17-12-4-3-7-14(12,2)18/h5-6,12,17-18H,3-4,7H2,1-2H3/t12-,14-/m0/s1. The summed E-state index contributed by atoms with van der Waals surface area (Å²) in [5.41, 5.74) is 1.56. The van der Waals surface area contributed by atoms with E-state index in [0.29, 0.717) is 10.6 Å². The summed E-state index contributed by atoms with van der Waals surface area (Å²) in [5, 5.41) is 23.0. The summed E-state index contributed by atoms with van der Waals surface area (Å²) in [7, 11) is 0. The Labute approximate surface area is 112 Å². The highest BCUT2D eigenvalue weighted by Crippen LogP contribution is 2.34. The maximum atomic E-state index is 10.2. The van der Waals surface area contributed by atoms with Gasteiger partial charge in [-0.1, -0.05) is 11.6 Å². The predicted octanol–water partition coefficient (Wildman–Crippen LogP) is 3.24. The van der Waals surface area contributed by atoms with Crippen LogP contribution >= 0.6 is 11.6 Å². The fourth-order valence-corrected chi connectivity index (χ4v) is 2.70. The highest BCUT2D eigenvalue weighted by molar-refractivity contribution is 6.32. The van der Waals surface area contributed by atoms with Crippen molar-refractivity contribution >= 4 is 17.3 Å². The number of nitrogens with one attached hydrogen (secondary N) is 1. The number of hydrogen-bond acceptors (Lipinski definition) is 3. The number of halogens is 1. The van der Waals surface area contributed by atoms with Crippen molar-refractivity contribution in [1.82, 2.24) is 0 Å². The molecule has 1 saturated carbocycles. The lowest BCUT2D eigenvalue weighted by Crippen LogP contribution is -2.39. The van der Waals surface area contributed by atoms with Crippen molar-refractivity contribution in [2.45, 2.75) is 44.8 Å². The zero-order chi connectivity index (χ0) is 13.3. The Bertz CT molecular complexity index is 505. The van der Waals surface area contributed by atoms with Crippen LogP contribution in [-0.4, -0.2) is 16.7 Å². The van der Waals surface area contributed by atoms with E-state index >= 15 is 0 Å². The summed E-state index contributed by atoms with van der Waals surface area (Å²) in [5.74, 6) is 0. The molecule has 18 heavy (non-hydrogen) atoms. The number of nitrogens with zero attached hydrogens (tertiary/aromatic N) is 1. The Balaban J connectivity index is 2.26. The maximum Gasteiger partial charge on any atom is 0.101 e. The summed E-state index contributed by atoms with van der Waals surface area (Å²) in [4.78, 5) is 0. The van der Waals surface area contributed by atoms with Gasteiger partial charge in [-0.15, -0.1) is 0 Å². The minimum Gasteiger partial charge on any atom is -0.388 e. The van der Waals surface area contributed by atoms with Crippen molar-refractivity contribution in [3.8, 4) is 6.07 Å². The van der Waals surface area contributed by atoms with Gasteiger partial charge in [0.05, 0.1) is 22.2 Å². The monoisotopic (exact) mass is 264 g/mol. The molecule has 0 amide bonds. The van der Waals surface area contributed by atoms with Crippen molar-refractivity contribution in [3.05, 3.63) is 28.3 Å². The SMILES string of the molecule is Cc1c(N[C@H]2CCC[C@]2(C)O)ccc(C#N)c1Cl. The van der Waals surface area contributed by atoms with Crippen LogP contribution in [0.2, 0.25) is 5.02 Å². The van der Waals surface area contributed by atoms with E-state index in [4.69, 9.17) is 16.9 Å². The van der Waals surface area contributed by atoms with Crippen molar-refractivity contribution in [2.75, 3.05) is 5.32 Å². The molecule has 3 nitrogen and oxygen atoms in total. The van der Waals surface area contributed by atoms with E-state index in [1.54, 1.807) is 6.07 Å². The van der Waals surface area contributed by atoms with Gasteiger partial charge in [0, 0.05) is 5.69 Å². The van der Waals surface area contributed by atoms with Gasteiger partial charge in [0.2, 0.25) is 0 Å². The second-order valence-electron chi connectivity index (χ2n) is 5.16. The molecule has 0 bridgehead atoms. The van der Waals surface area contributed by atoms with Crippen LogP contribution < -0.4 is 5.32 Å². The fraction of sp³-hybridized carbons (Fsp3) is 0.500. The molecular formula is C14H17ClN2O. The van der Waals surface area contributed by atoms with Crippen molar-refractivity contribution in [3.63, 3.8) is 0 Å². The average molecular weight is 265 g/mol. The van der Waals surface area contributed by atoms with Gasteiger partial charge in [0.15, 0.2) is 0 Å². The van der Waals surface area contributed by atoms with Crippen LogP contribution in [0, 0.1) is 18.3 Å². The molecule has 2 rings (SSSR count). The third-order valence-electron chi connectivity index (χ3n) is 3.76. The molecule has 2 atom stereocenters. The summed E-state index contributed by atoms with van der Waals surface area (Å²) in [6, 6.07) is 5.67. The minimum absolute atomic E-state index is 0.0419. The molecule has 1 fully saturated rings. The average Bonchev–Trinajstić information content (AvgIpc) is 2.65. The fourth-order valence-electron chi connectivity index (χ4n) is 2.49. The zero-order valence-corrected chi connectivity index (χ0v) is 11.4. The van der Waals surface area contributed by atoms with Gasteiger partial charge in [-0.2, -0.15) is 5.26 Å². The van der Waals surface area contributed by atoms with E-state index in [1.165, 1.54) is 0 Å². The topological polar surface area (TPSA) is 56.0 Å². The molecule has 4 heteroatoms. The minimum atomic E-state index is -0.674. The Morgan fingerprint density at radius 2 is 2.28 bits per heavy atom. The smallest absolute Gasteiger partial charge is 0.101 e. The quantitative estimate of drug-likeness (QED) is 0.862. The third-order valence-corrected chi connectivity index (χ3v) is 4.25. The van der Waals surface area contributed by atoms with E-state index in [2.05, 4.69) is 11.4 Å². The van der Waals surface area contributed by atoms with Crippen molar-refractivity contribution in [1.29, 1.82) is 5.26 Å². The van der Waals surface area contributed by atoms with Gasteiger partial charge >= 0.3 is 0 Å². The van der Waals surface area contributed by atoms with E-state index in [1.807, 2.05) is 19.9 Å². The first-order valence-corrected chi connectivity index (χ1v) is 6.51. The molecule has 0 unspecified atom stereocenters. The van der Waals surface area contributed by atoms with Gasteiger partial charge in [-0.3, -0.25) is 0 Å². The molecular weight excluding hydrogens is 248 g/mol. The molecule has 1 aromatic carbocycles. The van der Waals surface area contributed by atoms with E-state index in [9.17, 15) is 5.11 Å². The van der Waals surface area contributed by atoms with Crippen LogP contribution in [0.3, 0.4) is 0 Å². The second-order valence-corrected chi connectivity index (χ2v) is 5.54. The number of nitriles is 1. The second kappa shape index (κ2) is 4.79. The summed E-state index contributed by atoms with van der Waals surface area (Å²) < 4.78 is 0. The number of benzene rings is 1. The molecule has 0 radical (unpaired) electrons. The Kier molecular flexibility index (Phi) is 3.52. The van der Waals surface area contributed by atoms with E-state index < -0.39 is 5.60 Å². The Hall–Kier alpha value is -1.24. The first-order chi connectivity index (χ1) is 8.45. The summed E-state index contributed by atoms with van der Waals surface area (Å²) in [6.45, 7) is 3.74. The Morgan fingerprint density at radius 1 is 1.56 bits per heavy atom. The molecule has 2 N–H and O–H groups in total. The zero-order valence-electron chi connectivity index (χ0n) is 10.6. The first-order valence-electron chi connectivity index (χ1n) is 6.14. The van der Waals surface area contributed by atoms with E-state index in [-0.39, 0.29) is 6.04 Å². The largest absolute Gasteiger partial charge is 0.388 e. The van der Waals surface area contributed by atoms with Crippen molar-refractivity contribution in [2.24, 2.45) is 0 Å². The molecule has 0 aliphatic heterocycles.